The second kappa shape index (κ2) is 2.92. The Morgan fingerprint density at radius 2 is 2.31 bits per heavy atom. The van der Waals surface area contributed by atoms with Crippen LogP contribution in [-0.4, -0.2) is 15.2 Å². The van der Waals surface area contributed by atoms with Gasteiger partial charge in [-0.3, -0.25) is 4.79 Å². The summed E-state index contributed by atoms with van der Waals surface area (Å²) in [6.07, 6.45) is 1.70. The van der Waals surface area contributed by atoms with Gasteiger partial charge in [0.1, 0.15) is 0 Å². The van der Waals surface area contributed by atoms with Crippen molar-refractivity contribution in [2.45, 2.75) is 19.8 Å². The number of nitrogens with zero attached hydrogens (tertiary/aromatic N) is 2. The molecule has 2 aromatic heterocycles. The Kier molecular flexibility index (Phi) is 1.88. The number of nitrogens with one attached hydrogen (secondary N) is 1. The lowest BCUT2D eigenvalue weighted by atomic mass is 10.1. The van der Waals surface area contributed by atoms with Gasteiger partial charge in [-0.15, -0.1) is 5.10 Å². The van der Waals surface area contributed by atoms with Crippen molar-refractivity contribution < 1.29 is 0 Å². The molecule has 0 spiro atoms. The predicted molar refractivity (Wildman–Crippen MR) is 52.1 cm³/mol. The summed E-state index contributed by atoms with van der Waals surface area (Å²) >= 11 is 1.10. The monoisotopic (exact) mass is 195 g/mol. The van der Waals surface area contributed by atoms with Crippen molar-refractivity contribution in [1.29, 1.82) is 0 Å². The normalized spacial score (nSPS) is 11.3. The van der Waals surface area contributed by atoms with Crippen molar-refractivity contribution in [2.75, 3.05) is 0 Å². The maximum atomic E-state index is 11.1. The average molecular weight is 195 g/mol. The summed E-state index contributed by atoms with van der Waals surface area (Å²) in [6, 6.07) is 0. The number of aromatic amines is 1. The van der Waals surface area contributed by atoms with E-state index in [0.717, 1.165) is 22.4 Å². The quantitative estimate of drug-likeness (QED) is 0.750. The van der Waals surface area contributed by atoms with Crippen molar-refractivity contribution in [1.82, 2.24) is 15.2 Å². The smallest absolute Gasteiger partial charge is 0.307 e. The minimum atomic E-state index is -0.0719. The molecule has 2 aromatic rings. The highest BCUT2D eigenvalue weighted by Gasteiger charge is 2.09. The summed E-state index contributed by atoms with van der Waals surface area (Å²) < 4.78 is 0. The summed E-state index contributed by atoms with van der Waals surface area (Å²) in [7, 11) is 0. The van der Waals surface area contributed by atoms with E-state index in [1.807, 2.05) is 0 Å². The standard InChI is InChI=1S/C8H9N3OS/c1-4(2)5-3-9-11-7-6(5)10-8(12)13-7/h3-4H,1-2H3,(H,10,12). The molecule has 0 fully saturated rings. The van der Waals surface area contributed by atoms with Gasteiger partial charge in [0, 0.05) is 5.56 Å². The first kappa shape index (κ1) is 8.37. The van der Waals surface area contributed by atoms with Crippen LogP contribution < -0.4 is 4.87 Å². The first-order chi connectivity index (χ1) is 6.18. The van der Waals surface area contributed by atoms with Crippen molar-refractivity contribution in [3.05, 3.63) is 21.4 Å². The zero-order valence-corrected chi connectivity index (χ0v) is 8.18. The largest absolute Gasteiger partial charge is 0.311 e. The van der Waals surface area contributed by atoms with Crippen LogP contribution in [0.3, 0.4) is 0 Å². The lowest BCUT2D eigenvalue weighted by molar-refractivity contribution is 0.855. The van der Waals surface area contributed by atoms with Crippen LogP contribution in [0.4, 0.5) is 0 Å². The molecule has 0 unspecified atom stereocenters. The summed E-state index contributed by atoms with van der Waals surface area (Å²) in [5.41, 5.74) is 1.88. The number of hydrogen-bond donors (Lipinski definition) is 1. The Bertz CT molecular complexity index is 485. The van der Waals surface area contributed by atoms with Crippen molar-refractivity contribution in [2.24, 2.45) is 0 Å². The average Bonchev–Trinajstić information content (AvgIpc) is 2.43. The molecule has 0 aliphatic rings. The zero-order valence-electron chi connectivity index (χ0n) is 7.37. The van der Waals surface area contributed by atoms with E-state index in [1.165, 1.54) is 0 Å². The number of H-pyrrole nitrogens is 1. The third-order valence-electron chi connectivity index (χ3n) is 1.89. The maximum absolute atomic E-state index is 11.1. The van der Waals surface area contributed by atoms with Gasteiger partial charge in [-0.05, 0) is 5.92 Å². The van der Waals surface area contributed by atoms with E-state index in [9.17, 15) is 4.79 Å². The van der Waals surface area contributed by atoms with E-state index in [0.29, 0.717) is 10.7 Å². The van der Waals surface area contributed by atoms with Crippen molar-refractivity contribution in [3.8, 4) is 0 Å². The fraction of sp³-hybridized carbons (Fsp3) is 0.375. The van der Waals surface area contributed by atoms with Gasteiger partial charge in [0.25, 0.3) is 0 Å². The minimum Gasteiger partial charge on any atom is -0.311 e. The van der Waals surface area contributed by atoms with Gasteiger partial charge in [0.15, 0.2) is 4.83 Å². The van der Waals surface area contributed by atoms with Gasteiger partial charge in [-0.1, -0.05) is 25.2 Å². The highest BCUT2D eigenvalue weighted by molar-refractivity contribution is 7.15. The lowest BCUT2D eigenvalue weighted by Crippen LogP contribution is -1.95. The number of fused-ring (bicyclic) bond motifs is 1. The molecule has 0 bridgehead atoms. The Balaban J connectivity index is 2.82. The maximum Gasteiger partial charge on any atom is 0.307 e. The molecule has 0 aromatic carbocycles. The minimum absolute atomic E-state index is 0.0719. The summed E-state index contributed by atoms with van der Waals surface area (Å²) in [6.45, 7) is 4.12. The van der Waals surface area contributed by atoms with Gasteiger partial charge < -0.3 is 4.98 Å². The topological polar surface area (TPSA) is 58.6 Å². The third kappa shape index (κ3) is 1.35. The predicted octanol–water partition coefficient (Wildman–Crippen LogP) is 1.50. The second-order valence-electron chi connectivity index (χ2n) is 3.15. The molecule has 4 nitrogen and oxygen atoms in total. The van der Waals surface area contributed by atoms with E-state index >= 15 is 0 Å². The molecule has 68 valence electrons. The molecule has 13 heavy (non-hydrogen) atoms. The highest BCUT2D eigenvalue weighted by atomic mass is 32.1. The van der Waals surface area contributed by atoms with E-state index < -0.39 is 0 Å². The van der Waals surface area contributed by atoms with Gasteiger partial charge in [0.2, 0.25) is 0 Å². The second-order valence-corrected chi connectivity index (χ2v) is 4.11. The molecule has 0 aliphatic heterocycles. The van der Waals surface area contributed by atoms with Gasteiger partial charge in [-0.2, -0.15) is 5.10 Å². The number of rotatable bonds is 1. The molecule has 0 saturated heterocycles. The van der Waals surface area contributed by atoms with Crippen LogP contribution in [0.15, 0.2) is 11.0 Å². The Hall–Kier alpha value is -1.23. The summed E-state index contributed by atoms with van der Waals surface area (Å²) in [4.78, 5) is 14.4. The fourth-order valence-electron chi connectivity index (χ4n) is 1.23. The third-order valence-corrected chi connectivity index (χ3v) is 2.65. The Morgan fingerprint density at radius 3 is 3.00 bits per heavy atom. The Morgan fingerprint density at radius 1 is 1.54 bits per heavy atom. The SMILES string of the molecule is CC(C)c1cnnc2sc(=O)[nH]c12. The van der Waals surface area contributed by atoms with Crippen molar-refractivity contribution in [3.63, 3.8) is 0 Å². The molecule has 5 heteroatoms. The summed E-state index contributed by atoms with van der Waals surface area (Å²) in [5.74, 6) is 0.350. The number of thiazole rings is 1. The molecule has 0 amide bonds. The van der Waals surface area contributed by atoms with Gasteiger partial charge >= 0.3 is 4.87 Å². The zero-order chi connectivity index (χ0) is 9.42. The first-order valence-electron chi connectivity index (χ1n) is 4.03. The molecule has 0 atom stereocenters. The van der Waals surface area contributed by atoms with Crippen LogP contribution in [0.5, 0.6) is 0 Å². The molecule has 2 rings (SSSR count). The molecule has 0 aliphatic carbocycles. The molecule has 1 N–H and O–H groups in total. The van der Waals surface area contributed by atoms with Crippen LogP contribution in [0.1, 0.15) is 25.3 Å². The molecular formula is C8H9N3OS. The number of hydrogen-bond acceptors (Lipinski definition) is 4. The summed E-state index contributed by atoms with van der Waals surface area (Å²) in [5, 5.41) is 7.73. The van der Waals surface area contributed by atoms with E-state index in [-0.39, 0.29) is 4.87 Å². The van der Waals surface area contributed by atoms with Crippen LogP contribution in [-0.2, 0) is 0 Å². The van der Waals surface area contributed by atoms with Crippen molar-refractivity contribution >= 4 is 21.7 Å². The van der Waals surface area contributed by atoms with Crippen LogP contribution >= 0.6 is 11.3 Å². The fourth-order valence-corrected chi connectivity index (χ4v) is 1.92. The van der Waals surface area contributed by atoms with E-state index in [2.05, 4.69) is 29.0 Å². The molecule has 0 saturated carbocycles. The van der Waals surface area contributed by atoms with Gasteiger partial charge in [-0.25, -0.2) is 0 Å². The number of aromatic nitrogens is 3. The van der Waals surface area contributed by atoms with E-state index in [1.54, 1.807) is 6.20 Å². The lowest BCUT2D eigenvalue weighted by Gasteiger charge is -2.03. The Labute approximate surface area is 78.6 Å². The molecule has 0 radical (unpaired) electrons. The van der Waals surface area contributed by atoms with Crippen LogP contribution in [0, 0.1) is 0 Å². The molecular weight excluding hydrogens is 186 g/mol. The molecule has 2 heterocycles. The first-order valence-corrected chi connectivity index (χ1v) is 4.84. The highest BCUT2D eigenvalue weighted by Crippen LogP contribution is 2.21. The van der Waals surface area contributed by atoms with Crippen LogP contribution in [0.2, 0.25) is 0 Å². The van der Waals surface area contributed by atoms with Gasteiger partial charge in [0.05, 0.1) is 11.7 Å². The van der Waals surface area contributed by atoms with E-state index in [4.69, 9.17) is 0 Å². The van der Waals surface area contributed by atoms with Crippen LogP contribution in [0.25, 0.3) is 10.3 Å².